The smallest absolute Gasteiger partial charge is 0.239 e. The summed E-state index contributed by atoms with van der Waals surface area (Å²) in [5.74, 6) is -0.0880. The van der Waals surface area contributed by atoms with Crippen LogP contribution in [0.3, 0.4) is 0 Å². The van der Waals surface area contributed by atoms with Crippen molar-refractivity contribution in [3.05, 3.63) is 12.5 Å². The molecule has 0 aromatic heterocycles. The molecule has 0 aliphatic heterocycles. The van der Waals surface area contributed by atoms with E-state index in [-0.39, 0.29) is 42.3 Å². The van der Waals surface area contributed by atoms with Gasteiger partial charge in [0.1, 0.15) is 0 Å². The first-order valence-electron chi connectivity index (χ1n) is 2.83. The van der Waals surface area contributed by atoms with Gasteiger partial charge < -0.3 is 21.9 Å². The van der Waals surface area contributed by atoms with Crippen LogP contribution in [0.1, 0.15) is 13.8 Å². The third-order valence-electron chi connectivity index (χ3n) is 1.12. The minimum atomic E-state index is -0.0880. The molecule has 0 atom stereocenters. The number of hydrogen-bond donors (Lipinski definition) is 0. The van der Waals surface area contributed by atoms with Gasteiger partial charge in [0, 0.05) is 32.6 Å². The van der Waals surface area contributed by atoms with Crippen LogP contribution in [0, 0.1) is 0 Å². The predicted octanol–water partition coefficient (Wildman–Crippen LogP) is -1.77. The molecule has 2 nitrogen and oxygen atoms in total. The third kappa shape index (κ3) is 6.56. The van der Waals surface area contributed by atoms with E-state index in [1.165, 1.54) is 0 Å². The average Bonchev–Trinajstić information content (AvgIpc) is 1.69. The molecule has 10 heavy (non-hydrogen) atoms. The maximum Gasteiger partial charge on any atom is 0.239 e. The Labute approximate surface area is 85.8 Å². The molecule has 4 heteroatoms. The second-order valence-corrected chi connectivity index (χ2v) is 1.57. The summed E-state index contributed by atoms with van der Waals surface area (Å²) in [6, 6.07) is 0. The van der Waals surface area contributed by atoms with Crippen molar-refractivity contribution in [3.63, 3.8) is 0 Å². The number of hydrogen-bond acceptors (Lipinski definition) is 1. The second kappa shape index (κ2) is 9.44. The van der Waals surface area contributed by atoms with E-state index in [0.29, 0.717) is 0 Å². The van der Waals surface area contributed by atoms with Gasteiger partial charge in [0.25, 0.3) is 0 Å². The van der Waals surface area contributed by atoms with Crippen molar-refractivity contribution in [3.8, 4) is 0 Å². The fourth-order valence-corrected chi connectivity index (χ4v) is 0.576. The van der Waals surface area contributed by atoms with Gasteiger partial charge in [-0.15, -0.1) is 0 Å². The largest absolute Gasteiger partial charge is 1.00 e. The van der Waals surface area contributed by atoms with Gasteiger partial charge in [-0.05, 0) is 20.4 Å². The normalized spacial score (nSPS) is 7.00. The predicted molar refractivity (Wildman–Crippen MR) is 32.7 cm³/mol. The van der Waals surface area contributed by atoms with Crippen LogP contribution < -0.4 is 17.0 Å². The Morgan fingerprint density at radius 1 is 1.40 bits per heavy atom. The minimum Gasteiger partial charge on any atom is -1.00 e. The van der Waals surface area contributed by atoms with Crippen LogP contribution in [-0.4, -0.2) is 18.0 Å². The molecule has 0 aromatic rings. The van der Waals surface area contributed by atoms with E-state index in [9.17, 15) is 5.11 Å². The van der Waals surface area contributed by atoms with Gasteiger partial charge in [0.05, 0.1) is 0 Å². The molecule has 0 fully saturated rings. The maximum atomic E-state index is 10.4. The Bertz CT molecular complexity index is 85.8. The van der Waals surface area contributed by atoms with Gasteiger partial charge in [0.2, 0.25) is 5.88 Å². The van der Waals surface area contributed by atoms with E-state index in [1.54, 1.807) is 4.90 Å². The van der Waals surface area contributed by atoms with E-state index >= 15 is 0 Å². The van der Waals surface area contributed by atoms with Crippen LogP contribution >= 0.6 is 0 Å². The quantitative estimate of drug-likeness (QED) is 0.435. The molecule has 0 bridgehead atoms. The monoisotopic (exact) mass is 257 g/mol. The van der Waals surface area contributed by atoms with Crippen molar-refractivity contribution < 1.29 is 41.6 Å². The Kier molecular flexibility index (Phi) is 15.9. The van der Waals surface area contributed by atoms with Crippen molar-refractivity contribution in [2.24, 2.45) is 0 Å². The summed E-state index contributed by atoms with van der Waals surface area (Å²) in [4.78, 5) is 1.67. The van der Waals surface area contributed by atoms with Crippen LogP contribution in [0.25, 0.3) is 0 Å². The summed E-state index contributed by atoms with van der Waals surface area (Å²) in [7, 11) is 0. The molecule has 0 saturated carbocycles. The van der Waals surface area contributed by atoms with Crippen LogP contribution in [0.4, 0.5) is 0 Å². The van der Waals surface area contributed by atoms with Crippen LogP contribution in [-0.2, 0) is 24.6 Å². The van der Waals surface area contributed by atoms with Gasteiger partial charge in [0.15, 0.2) is 0 Å². The first-order chi connectivity index (χ1) is 3.72. The van der Waals surface area contributed by atoms with Gasteiger partial charge in [-0.2, -0.15) is 0 Å². The van der Waals surface area contributed by atoms with Crippen molar-refractivity contribution >= 4 is 0 Å². The Morgan fingerprint density at radius 3 is 1.70 bits per heavy atom. The topological polar surface area (TPSA) is 23.1 Å². The van der Waals surface area contributed by atoms with Crippen molar-refractivity contribution in [1.29, 1.82) is 0 Å². The molecule has 0 saturated heterocycles. The summed E-state index contributed by atoms with van der Waals surface area (Å²) in [5.41, 5.74) is 0. The molecule has 0 rings (SSSR count). The van der Waals surface area contributed by atoms with Crippen molar-refractivity contribution in [1.82, 2.24) is 4.90 Å². The molecule has 0 aromatic carbocycles. The van der Waals surface area contributed by atoms with E-state index in [2.05, 4.69) is 6.58 Å². The summed E-state index contributed by atoms with van der Waals surface area (Å²) < 4.78 is 0. The molecule has 0 unspecified atom stereocenters. The molecule has 0 spiro atoms. The first kappa shape index (κ1) is 16.8. The van der Waals surface area contributed by atoms with Crippen molar-refractivity contribution in [2.45, 2.75) is 13.8 Å². The molecular weight excluding hydrogens is 247 g/mol. The zero-order valence-electron chi connectivity index (χ0n) is 6.56. The number of rotatable bonds is 3. The average molecular weight is 259 g/mol. The molecule has 0 aliphatic rings. The molecular formula is C6H12BrNOZn-. The van der Waals surface area contributed by atoms with Gasteiger partial charge in [-0.25, -0.2) is 0 Å². The molecule has 0 N–H and O–H groups in total. The third-order valence-corrected chi connectivity index (χ3v) is 1.12. The van der Waals surface area contributed by atoms with Crippen LogP contribution in [0.5, 0.6) is 0 Å². The van der Waals surface area contributed by atoms with Crippen LogP contribution in [0.15, 0.2) is 12.5 Å². The zero-order valence-corrected chi connectivity index (χ0v) is 11.1. The number of halogens is 1. The Hall–Kier alpha value is 0.443. The summed E-state index contributed by atoms with van der Waals surface area (Å²) in [6.45, 7) is 8.67. The van der Waals surface area contributed by atoms with E-state index < -0.39 is 0 Å². The number of nitrogens with zero attached hydrogens (tertiary/aromatic N) is 1. The van der Waals surface area contributed by atoms with Gasteiger partial charge in [-0.3, -0.25) is 5.11 Å². The zero-order chi connectivity index (χ0) is 6.57. The van der Waals surface area contributed by atoms with Gasteiger partial charge >= 0.3 is 0 Å². The fourth-order valence-electron chi connectivity index (χ4n) is 0.576. The molecule has 0 aliphatic carbocycles. The molecule has 1 radical (unpaired) electrons. The molecule has 0 heterocycles. The SMILES string of the molecule is C=C([O])N(CC)CC.[Br-].[Zn]. The first-order valence-corrected chi connectivity index (χ1v) is 2.83. The summed E-state index contributed by atoms with van der Waals surface area (Å²) in [5, 5.41) is 10.4. The Balaban J connectivity index is -0.000000245. The summed E-state index contributed by atoms with van der Waals surface area (Å²) >= 11 is 0. The Morgan fingerprint density at radius 2 is 1.70 bits per heavy atom. The fraction of sp³-hybridized carbons (Fsp3) is 0.667. The standard InChI is InChI=1S/C6H12NO.BrH.Zn/c1-4-7(5-2)6(3)8;;/h3-5H2,1-2H3;1H;/p-1. The van der Waals surface area contributed by atoms with Gasteiger partial charge in [-0.1, -0.05) is 0 Å². The summed E-state index contributed by atoms with van der Waals surface area (Å²) in [6.07, 6.45) is 0. The minimum absolute atomic E-state index is 0. The van der Waals surface area contributed by atoms with Crippen LogP contribution in [0.2, 0.25) is 0 Å². The van der Waals surface area contributed by atoms with E-state index in [4.69, 9.17) is 0 Å². The maximum absolute atomic E-state index is 10.4. The second-order valence-electron chi connectivity index (χ2n) is 1.57. The van der Waals surface area contributed by atoms with E-state index in [0.717, 1.165) is 13.1 Å². The molecule has 0 amide bonds. The van der Waals surface area contributed by atoms with Crippen molar-refractivity contribution in [2.75, 3.05) is 13.1 Å². The van der Waals surface area contributed by atoms with E-state index in [1.807, 2.05) is 13.8 Å². The molecule has 57 valence electrons.